The van der Waals surface area contributed by atoms with Gasteiger partial charge in [-0.1, -0.05) is 0 Å². The fraction of sp³-hybridized carbons (Fsp3) is 0. The van der Waals surface area contributed by atoms with E-state index >= 15 is 0 Å². The van der Waals surface area contributed by atoms with Gasteiger partial charge in [0, 0.05) is 32.7 Å². The van der Waals surface area contributed by atoms with Gasteiger partial charge in [0.15, 0.2) is 0 Å². The first kappa shape index (κ1) is 21.9. The number of aromatic carboxylic acids is 3. The maximum atomic E-state index is 10.6. The Morgan fingerprint density at radius 3 is 1.56 bits per heavy atom. The van der Waals surface area contributed by atoms with Crippen molar-refractivity contribution in [1.29, 1.82) is 0 Å². The number of carboxylic acid groups (broad SMARTS) is 3. The van der Waals surface area contributed by atoms with E-state index in [1.807, 2.05) is 0 Å². The molecule has 0 saturated carbocycles. The van der Waals surface area contributed by atoms with Crippen LogP contribution < -0.4 is 0 Å². The molecule has 0 aliphatic carbocycles. The van der Waals surface area contributed by atoms with Crippen molar-refractivity contribution in [2.45, 2.75) is 0 Å². The van der Waals surface area contributed by atoms with Gasteiger partial charge in [-0.25, -0.2) is 14.4 Å². The summed E-state index contributed by atoms with van der Waals surface area (Å²) in [5.41, 5.74) is -1.24. The molecule has 0 atom stereocenters. The first-order valence-electron chi connectivity index (χ1n) is 3.77. The third-order valence-corrected chi connectivity index (χ3v) is 1.73. The van der Waals surface area contributed by atoms with Crippen molar-refractivity contribution in [3.8, 4) is 0 Å². The van der Waals surface area contributed by atoms with E-state index in [9.17, 15) is 14.4 Å². The zero-order chi connectivity index (χ0) is 11.6. The molecule has 1 radical (unpaired) electrons. The molecule has 0 aromatic heterocycles. The van der Waals surface area contributed by atoms with Crippen LogP contribution in [0.25, 0.3) is 0 Å². The smallest absolute Gasteiger partial charge is 0.336 e. The summed E-state index contributed by atoms with van der Waals surface area (Å²) < 4.78 is 0. The number of carbonyl (C=O) groups is 3. The second-order valence-electron chi connectivity index (χ2n) is 2.68. The number of benzene rings is 1. The molecule has 0 fully saturated rings. The summed E-state index contributed by atoms with van der Waals surface area (Å²) in [6.07, 6.45) is 0. The van der Waals surface area contributed by atoms with Crippen LogP contribution in [0.1, 0.15) is 31.1 Å². The van der Waals surface area contributed by atoms with Crippen molar-refractivity contribution < 1.29 is 73.4 Å². The summed E-state index contributed by atoms with van der Waals surface area (Å²) in [5.74, 6) is -4.20. The first-order valence-corrected chi connectivity index (χ1v) is 3.77. The van der Waals surface area contributed by atoms with Gasteiger partial charge < -0.3 is 26.3 Å². The molecule has 0 heterocycles. The van der Waals surface area contributed by atoms with Crippen LogP contribution in [0.15, 0.2) is 18.2 Å². The van der Waals surface area contributed by atoms with E-state index in [0.717, 1.165) is 18.2 Å². The van der Waals surface area contributed by atoms with Gasteiger partial charge in [0.05, 0.1) is 16.7 Å². The molecule has 1 aromatic rings. The molecule has 0 aliphatic rings. The Morgan fingerprint density at radius 1 is 0.778 bits per heavy atom. The number of hydrogen-bond donors (Lipinski definition) is 3. The Labute approximate surface area is 126 Å². The maximum Gasteiger partial charge on any atom is 0.336 e. The van der Waals surface area contributed by atoms with Crippen molar-refractivity contribution in [1.82, 2.24) is 0 Å². The molecule has 0 bridgehead atoms. The Morgan fingerprint density at radius 2 is 1.22 bits per heavy atom. The Balaban J connectivity index is -0.000000750. The van der Waals surface area contributed by atoms with Crippen molar-refractivity contribution in [3.05, 3.63) is 34.9 Å². The number of carboxylic acids is 3. The third kappa shape index (κ3) is 4.88. The van der Waals surface area contributed by atoms with E-state index in [2.05, 4.69) is 0 Å². The van der Waals surface area contributed by atoms with Crippen molar-refractivity contribution in [3.63, 3.8) is 0 Å². The van der Waals surface area contributed by atoms with Gasteiger partial charge in [-0.3, -0.25) is 0 Å². The fourth-order valence-electron chi connectivity index (χ4n) is 1.04. The topological polar surface area (TPSA) is 175 Å². The van der Waals surface area contributed by atoms with Crippen LogP contribution in [-0.4, -0.2) is 44.2 Å². The Hall–Kier alpha value is -1.35. The monoisotopic (exact) mass is 335 g/mol. The maximum absolute atomic E-state index is 10.6. The van der Waals surface area contributed by atoms with Crippen molar-refractivity contribution >= 4 is 17.9 Å². The minimum Gasteiger partial charge on any atom is -0.478 e. The Bertz CT molecular complexity index is 456. The molecule has 0 spiro atoms. The van der Waals surface area contributed by atoms with Gasteiger partial charge in [-0.15, -0.1) is 0 Å². The van der Waals surface area contributed by atoms with Crippen molar-refractivity contribution in [2.24, 2.45) is 0 Å². The number of hydrogen-bond acceptors (Lipinski definition) is 3. The summed E-state index contributed by atoms with van der Waals surface area (Å²) in [6.45, 7) is 0. The quantitative estimate of drug-likeness (QED) is 0.646. The van der Waals surface area contributed by atoms with Crippen LogP contribution in [0.3, 0.4) is 0 Å². The summed E-state index contributed by atoms with van der Waals surface area (Å²) in [5, 5.41) is 25.9. The van der Waals surface area contributed by atoms with Crippen LogP contribution in [-0.2, 0) is 32.7 Å². The summed E-state index contributed by atoms with van der Waals surface area (Å²) in [6, 6.07) is 2.81. The molecule has 8 nitrogen and oxygen atoms in total. The largest absolute Gasteiger partial charge is 0.478 e. The molecule has 7 N–H and O–H groups in total. The fourth-order valence-corrected chi connectivity index (χ4v) is 1.04. The predicted octanol–water partition coefficient (Wildman–Crippen LogP) is -0.871. The van der Waals surface area contributed by atoms with Crippen molar-refractivity contribution in [2.75, 3.05) is 0 Å². The zero-order valence-corrected chi connectivity index (χ0v) is 11.7. The molecule has 97 valence electrons. The van der Waals surface area contributed by atoms with Crippen LogP contribution in [0.5, 0.6) is 0 Å². The molecule has 0 amide bonds. The van der Waals surface area contributed by atoms with Crippen LogP contribution in [0, 0.1) is 0 Å². The van der Waals surface area contributed by atoms with Gasteiger partial charge >= 0.3 is 17.9 Å². The molecule has 9 heteroatoms. The minimum absolute atomic E-state index is 0. The van der Waals surface area contributed by atoms with Gasteiger partial charge in [-0.05, 0) is 18.2 Å². The van der Waals surface area contributed by atoms with E-state index in [1.165, 1.54) is 0 Å². The first-order chi connectivity index (χ1) is 6.93. The normalized spacial score (nSPS) is 8.00. The second-order valence-corrected chi connectivity index (χ2v) is 2.68. The molecule has 1 rings (SSSR count). The van der Waals surface area contributed by atoms with Crippen LogP contribution >= 0.6 is 0 Å². The predicted molar refractivity (Wildman–Crippen MR) is 54.5 cm³/mol. The molecule has 1 aromatic carbocycles. The average molecular weight is 335 g/mol. The van der Waals surface area contributed by atoms with Crippen LogP contribution in [0.2, 0.25) is 0 Å². The molecule has 0 unspecified atom stereocenters. The molecule has 0 aliphatic heterocycles. The second kappa shape index (κ2) is 8.70. The van der Waals surface area contributed by atoms with Crippen LogP contribution in [0.4, 0.5) is 0 Å². The van der Waals surface area contributed by atoms with E-state index in [4.69, 9.17) is 15.3 Å². The SMILES string of the molecule is O.O.O=C(O)c1ccc(C(=O)O)c(C(=O)O)c1.[Y]. The average Bonchev–Trinajstić information content (AvgIpc) is 2.16. The standard InChI is InChI=1S/C9H6O6.2H2O.Y/c10-7(11)4-1-2-5(8(12)13)6(3-4)9(14)15;;;/h1-3H,(H,10,11)(H,12,13)(H,14,15);2*1H2;. The Kier molecular flexibility index (Phi) is 10.6. The number of rotatable bonds is 3. The molecular formula is C9H10O8Y. The summed E-state index contributed by atoms with van der Waals surface area (Å²) in [7, 11) is 0. The minimum atomic E-state index is -1.48. The van der Waals surface area contributed by atoms with E-state index < -0.39 is 29.0 Å². The zero-order valence-electron chi connectivity index (χ0n) is 8.88. The third-order valence-electron chi connectivity index (χ3n) is 1.73. The van der Waals surface area contributed by atoms with Gasteiger partial charge in [0.25, 0.3) is 0 Å². The molecule has 0 saturated heterocycles. The van der Waals surface area contributed by atoms with Gasteiger partial charge in [0.2, 0.25) is 0 Å². The van der Waals surface area contributed by atoms with E-state index in [1.54, 1.807) is 0 Å². The molecule has 18 heavy (non-hydrogen) atoms. The van der Waals surface area contributed by atoms with Gasteiger partial charge in [0.1, 0.15) is 0 Å². The summed E-state index contributed by atoms with van der Waals surface area (Å²) in [4.78, 5) is 31.8. The van der Waals surface area contributed by atoms with E-state index in [0.29, 0.717) is 0 Å². The molecular weight excluding hydrogens is 325 g/mol. The van der Waals surface area contributed by atoms with E-state index in [-0.39, 0.29) is 49.2 Å². The summed E-state index contributed by atoms with van der Waals surface area (Å²) >= 11 is 0. The van der Waals surface area contributed by atoms with Gasteiger partial charge in [-0.2, -0.15) is 0 Å².